The van der Waals surface area contributed by atoms with Crippen LogP contribution in [-0.2, 0) is 20.7 Å². The van der Waals surface area contributed by atoms with Crippen molar-refractivity contribution in [2.24, 2.45) is 0 Å². The van der Waals surface area contributed by atoms with Gasteiger partial charge in [-0.2, -0.15) is 0 Å². The van der Waals surface area contributed by atoms with Gasteiger partial charge in [-0.25, -0.2) is 4.98 Å². The van der Waals surface area contributed by atoms with Gasteiger partial charge in [-0.15, -0.1) is 11.3 Å². The predicted molar refractivity (Wildman–Crippen MR) is 101 cm³/mol. The smallest absolute Gasteiger partial charge is 0.312 e. The molecule has 0 bridgehead atoms. The van der Waals surface area contributed by atoms with E-state index in [9.17, 15) is 9.59 Å². The zero-order valence-corrected chi connectivity index (χ0v) is 16.3. The quantitative estimate of drug-likeness (QED) is 0.697. The molecule has 1 N–H and O–H groups in total. The van der Waals surface area contributed by atoms with Crippen LogP contribution in [0.15, 0.2) is 23.6 Å². The lowest BCUT2D eigenvalue weighted by Gasteiger charge is -2.12. The minimum atomic E-state index is -0.804. The Morgan fingerprint density at radius 3 is 2.67 bits per heavy atom. The summed E-state index contributed by atoms with van der Waals surface area (Å²) in [5, 5.41) is 5.39. The highest BCUT2D eigenvalue weighted by molar-refractivity contribution is 7.13. The standard InChI is InChI=1S/C19H22N2O5S/c1-11(18(23)20-13-5-6-13)26-17(22)9-14-10-27-19(21-14)12-4-7-15(24-2)16(8-12)25-3/h4,7-8,10-11,13H,5-6,9H2,1-3H3,(H,20,23). The van der Waals surface area contributed by atoms with Gasteiger partial charge in [0.25, 0.3) is 5.91 Å². The number of benzene rings is 1. The lowest BCUT2D eigenvalue weighted by Crippen LogP contribution is -2.37. The average molecular weight is 390 g/mol. The summed E-state index contributed by atoms with van der Waals surface area (Å²) in [5.41, 5.74) is 1.47. The van der Waals surface area contributed by atoms with Crippen molar-refractivity contribution in [3.63, 3.8) is 0 Å². The fraction of sp³-hybridized carbons (Fsp3) is 0.421. The first kappa shape index (κ1) is 19.2. The second-order valence-corrected chi connectivity index (χ2v) is 7.16. The number of ether oxygens (including phenoxy) is 3. The topological polar surface area (TPSA) is 86.8 Å². The number of hydrogen-bond donors (Lipinski definition) is 1. The van der Waals surface area contributed by atoms with Gasteiger partial charge in [0.1, 0.15) is 5.01 Å². The molecule has 0 aliphatic heterocycles. The van der Waals surface area contributed by atoms with Crippen molar-refractivity contribution in [3.8, 4) is 22.1 Å². The third-order valence-electron chi connectivity index (χ3n) is 4.11. The molecule has 0 radical (unpaired) electrons. The number of amides is 1. The summed E-state index contributed by atoms with van der Waals surface area (Å²) in [5.74, 6) is 0.523. The number of carbonyl (C=O) groups is 2. The van der Waals surface area contributed by atoms with Crippen molar-refractivity contribution in [3.05, 3.63) is 29.3 Å². The predicted octanol–water partition coefficient (Wildman–Crippen LogP) is 2.58. The summed E-state index contributed by atoms with van der Waals surface area (Å²) in [4.78, 5) is 28.4. The molecular formula is C19H22N2O5S. The highest BCUT2D eigenvalue weighted by Gasteiger charge is 2.27. The average Bonchev–Trinajstić information content (AvgIpc) is 3.36. The molecule has 2 aromatic rings. The molecule has 1 heterocycles. The molecule has 27 heavy (non-hydrogen) atoms. The summed E-state index contributed by atoms with van der Waals surface area (Å²) in [6, 6.07) is 5.77. The van der Waals surface area contributed by atoms with Crippen LogP contribution < -0.4 is 14.8 Å². The Kier molecular flexibility index (Phi) is 5.95. The molecule has 1 fully saturated rings. The molecule has 1 aliphatic rings. The first-order valence-corrected chi connectivity index (χ1v) is 9.54. The van der Waals surface area contributed by atoms with E-state index in [4.69, 9.17) is 14.2 Å². The second-order valence-electron chi connectivity index (χ2n) is 6.31. The lowest BCUT2D eigenvalue weighted by molar-refractivity contribution is -0.154. The van der Waals surface area contributed by atoms with Gasteiger partial charge in [0.15, 0.2) is 17.6 Å². The summed E-state index contributed by atoms with van der Waals surface area (Å²) >= 11 is 1.42. The van der Waals surface area contributed by atoms with Crippen molar-refractivity contribution >= 4 is 23.2 Å². The summed E-state index contributed by atoms with van der Waals surface area (Å²) in [6.45, 7) is 1.58. The molecule has 1 amide bonds. The fourth-order valence-corrected chi connectivity index (χ4v) is 3.29. The molecule has 144 valence electrons. The van der Waals surface area contributed by atoms with Crippen LogP contribution in [0, 0.1) is 0 Å². The van der Waals surface area contributed by atoms with Gasteiger partial charge in [-0.05, 0) is 38.0 Å². The molecule has 0 spiro atoms. The Hall–Kier alpha value is -2.61. The summed E-state index contributed by atoms with van der Waals surface area (Å²) < 4.78 is 15.7. The monoisotopic (exact) mass is 390 g/mol. The SMILES string of the molecule is COc1ccc(-c2nc(CC(=O)OC(C)C(=O)NC3CC3)cs2)cc1OC. The van der Waals surface area contributed by atoms with E-state index >= 15 is 0 Å². The van der Waals surface area contributed by atoms with Gasteiger partial charge in [0.05, 0.1) is 26.3 Å². The van der Waals surface area contributed by atoms with Crippen LogP contribution in [0.2, 0.25) is 0 Å². The Balaban J connectivity index is 1.60. The molecule has 1 atom stereocenters. The molecule has 8 heteroatoms. The number of rotatable bonds is 8. The van der Waals surface area contributed by atoms with Crippen LogP contribution in [-0.4, -0.2) is 43.2 Å². The van der Waals surface area contributed by atoms with Crippen molar-refractivity contribution < 1.29 is 23.8 Å². The minimum absolute atomic E-state index is 0.0187. The highest BCUT2D eigenvalue weighted by atomic mass is 32.1. The van der Waals surface area contributed by atoms with E-state index in [1.54, 1.807) is 21.1 Å². The summed E-state index contributed by atoms with van der Waals surface area (Å²) in [6.07, 6.45) is 1.20. The van der Waals surface area contributed by atoms with Crippen LogP contribution in [0.5, 0.6) is 11.5 Å². The van der Waals surface area contributed by atoms with Crippen molar-refractivity contribution in [2.45, 2.75) is 38.3 Å². The molecule has 7 nitrogen and oxygen atoms in total. The molecule has 0 saturated heterocycles. The lowest BCUT2D eigenvalue weighted by atomic mass is 10.2. The second kappa shape index (κ2) is 8.39. The van der Waals surface area contributed by atoms with Crippen LogP contribution in [0.4, 0.5) is 0 Å². The Labute approximate surface area is 161 Å². The van der Waals surface area contributed by atoms with Crippen molar-refractivity contribution in [1.82, 2.24) is 10.3 Å². The van der Waals surface area contributed by atoms with Crippen molar-refractivity contribution in [2.75, 3.05) is 14.2 Å². The maximum Gasteiger partial charge on any atom is 0.312 e. The fourth-order valence-electron chi connectivity index (χ4n) is 2.48. The van der Waals surface area contributed by atoms with E-state index in [-0.39, 0.29) is 18.4 Å². The summed E-state index contributed by atoms with van der Waals surface area (Å²) in [7, 11) is 3.15. The number of hydrogen-bond acceptors (Lipinski definition) is 7. The number of nitrogens with zero attached hydrogens (tertiary/aromatic N) is 1. The number of thiazole rings is 1. The third-order valence-corrected chi connectivity index (χ3v) is 5.05. The van der Waals surface area contributed by atoms with Crippen LogP contribution in [0.25, 0.3) is 10.6 Å². The molecule has 1 aromatic heterocycles. The van der Waals surface area contributed by atoms with Gasteiger partial charge < -0.3 is 19.5 Å². The maximum atomic E-state index is 12.1. The van der Waals surface area contributed by atoms with E-state index in [0.29, 0.717) is 17.2 Å². The highest BCUT2D eigenvalue weighted by Crippen LogP contribution is 2.33. The Morgan fingerprint density at radius 2 is 2.00 bits per heavy atom. The van der Waals surface area contributed by atoms with Gasteiger partial charge in [0.2, 0.25) is 0 Å². The third kappa shape index (κ3) is 4.97. The zero-order valence-electron chi connectivity index (χ0n) is 15.5. The number of nitrogens with one attached hydrogen (secondary N) is 1. The first-order valence-electron chi connectivity index (χ1n) is 8.66. The Morgan fingerprint density at radius 1 is 1.26 bits per heavy atom. The number of esters is 1. The molecule has 1 aliphatic carbocycles. The number of methoxy groups -OCH3 is 2. The van der Waals surface area contributed by atoms with E-state index in [2.05, 4.69) is 10.3 Å². The van der Waals surface area contributed by atoms with Gasteiger partial charge >= 0.3 is 5.97 Å². The number of aromatic nitrogens is 1. The molecule has 1 unspecified atom stereocenters. The minimum Gasteiger partial charge on any atom is -0.493 e. The largest absolute Gasteiger partial charge is 0.493 e. The van der Waals surface area contributed by atoms with Gasteiger partial charge in [-0.1, -0.05) is 0 Å². The van der Waals surface area contributed by atoms with E-state index in [0.717, 1.165) is 23.4 Å². The number of carbonyl (C=O) groups excluding carboxylic acids is 2. The maximum absolute atomic E-state index is 12.1. The molecule has 3 rings (SSSR count). The van der Waals surface area contributed by atoms with Crippen molar-refractivity contribution in [1.29, 1.82) is 0 Å². The zero-order chi connectivity index (χ0) is 19.4. The van der Waals surface area contributed by atoms with E-state index in [1.807, 2.05) is 23.6 Å². The van der Waals surface area contributed by atoms with Crippen LogP contribution in [0.3, 0.4) is 0 Å². The van der Waals surface area contributed by atoms with E-state index in [1.165, 1.54) is 11.3 Å². The van der Waals surface area contributed by atoms with Gasteiger partial charge in [-0.3, -0.25) is 9.59 Å². The molecular weight excluding hydrogens is 368 g/mol. The van der Waals surface area contributed by atoms with E-state index < -0.39 is 12.1 Å². The van der Waals surface area contributed by atoms with Crippen LogP contribution >= 0.6 is 11.3 Å². The normalized spacial score (nSPS) is 14.3. The first-order chi connectivity index (χ1) is 13.0. The Bertz CT molecular complexity index is 831. The molecule has 1 saturated carbocycles. The van der Waals surface area contributed by atoms with Gasteiger partial charge in [0, 0.05) is 17.0 Å². The molecule has 1 aromatic carbocycles. The van der Waals surface area contributed by atoms with Crippen LogP contribution in [0.1, 0.15) is 25.5 Å².